The SMILES string of the molecule is COc1ccccc1OCCNC(=O)C[NH2+][C@@H](c1ccccc1)C(C)C. The van der Waals surface area contributed by atoms with Crippen molar-refractivity contribution in [2.45, 2.75) is 19.9 Å². The molecule has 140 valence electrons. The summed E-state index contributed by atoms with van der Waals surface area (Å²) in [6, 6.07) is 18.0. The van der Waals surface area contributed by atoms with Crippen molar-refractivity contribution in [3.63, 3.8) is 0 Å². The van der Waals surface area contributed by atoms with Gasteiger partial charge < -0.3 is 20.1 Å². The van der Waals surface area contributed by atoms with Gasteiger partial charge in [-0.25, -0.2) is 0 Å². The quantitative estimate of drug-likeness (QED) is 0.641. The first kappa shape index (κ1) is 19.8. The normalized spacial score (nSPS) is 11.8. The van der Waals surface area contributed by atoms with Crippen LogP contribution in [-0.4, -0.2) is 32.7 Å². The summed E-state index contributed by atoms with van der Waals surface area (Å²) < 4.78 is 10.9. The fourth-order valence-electron chi connectivity index (χ4n) is 2.86. The summed E-state index contributed by atoms with van der Waals surface area (Å²) >= 11 is 0. The summed E-state index contributed by atoms with van der Waals surface area (Å²) in [7, 11) is 1.61. The Kier molecular flexibility index (Phi) is 7.96. The highest BCUT2D eigenvalue weighted by atomic mass is 16.5. The topological polar surface area (TPSA) is 64.2 Å². The van der Waals surface area contributed by atoms with Crippen LogP contribution in [0.5, 0.6) is 11.5 Å². The molecule has 0 spiro atoms. The van der Waals surface area contributed by atoms with Crippen LogP contribution in [0.2, 0.25) is 0 Å². The van der Waals surface area contributed by atoms with E-state index in [2.05, 4.69) is 36.6 Å². The van der Waals surface area contributed by atoms with E-state index in [9.17, 15) is 4.79 Å². The number of nitrogens with two attached hydrogens (primary N) is 1. The highest BCUT2D eigenvalue weighted by molar-refractivity contribution is 5.76. The molecule has 1 atom stereocenters. The number of amides is 1. The average molecular weight is 357 g/mol. The molecule has 0 bridgehead atoms. The number of hydrogen-bond donors (Lipinski definition) is 2. The van der Waals surface area contributed by atoms with Crippen LogP contribution in [0.3, 0.4) is 0 Å². The molecule has 2 rings (SSSR count). The van der Waals surface area contributed by atoms with E-state index in [0.29, 0.717) is 37.1 Å². The predicted octanol–water partition coefficient (Wildman–Crippen LogP) is 2.15. The largest absolute Gasteiger partial charge is 0.493 e. The molecular weight excluding hydrogens is 328 g/mol. The van der Waals surface area contributed by atoms with Gasteiger partial charge in [0.1, 0.15) is 12.6 Å². The molecule has 0 saturated heterocycles. The molecule has 0 aromatic heterocycles. The zero-order valence-corrected chi connectivity index (χ0v) is 15.8. The van der Waals surface area contributed by atoms with E-state index in [1.54, 1.807) is 7.11 Å². The summed E-state index contributed by atoms with van der Waals surface area (Å²) in [5, 5.41) is 4.99. The molecule has 0 saturated carbocycles. The van der Waals surface area contributed by atoms with Crippen molar-refractivity contribution in [2.24, 2.45) is 5.92 Å². The van der Waals surface area contributed by atoms with Gasteiger partial charge in [0, 0.05) is 11.5 Å². The predicted molar refractivity (Wildman–Crippen MR) is 102 cm³/mol. The number of nitrogens with one attached hydrogen (secondary N) is 1. The van der Waals surface area contributed by atoms with Crippen LogP contribution in [0.1, 0.15) is 25.5 Å². The van der Waals surface area contributed by atoms with E-state index in [1.807, 2.05) is 42.5 Å². The lowest BCUT2D eigenvalue weighted by Gasteiger charge is -2.19. The number of carbonyl (C=O) groups is 1. The zero-order valence-electron chi connectivity index (χ0n) is 15.8. The maximum absolute atomic E-state index is 12.1. The number of rotatable bonds is 10. The van der Waals surface area contributed by atoms with Gasteiger partial charge >= 0.3 is 0 Å². The van der Waals surface area contributed by atoms with Crippen molar-refractivity contribution in [1.29, 1.82) is 0 Å². The fourth-order valence-corrected chi connectivity index (χ4v) is 2.86. The molecule has 0 heterocycles. The summed E-state index contributed by atoms with van der Waals surface area (Å²) in [5.74, 6) is 1.82. The maximum atomic E-state index is 12.1. The van der Waals surface area contributed by atoms with Gasteiger partial charge in [0.25, 0.3) is 5.91 Å². The van der Waals surface area contributed by atoms with Crippen molar-refractivity contribution in [2.75, 3.05) is 26.8 Å². The standard InChI is InChI=1S/C21H28N2O3/c1-16(2)21(17-9-5-4-6-10-17)23-15-20(24)22-13-14-26-19-12-8-7-11-18(19)25-3/h4-12,16,21,23H,13-15H2,1-3H3,(H,22,24)/p+1/t21-/m1/s1. The monoisotopic (exact) mass is 357 g/mol. The number of benzene rings is 2. The molecule has 2 aromatic rings. The lowest BCUT2D eigenvalue weighted by Crippen LogP contribution is -2.88. The number of para-hydroxylation sites is 2. The Bertz CT molecular complexity index is 674. The van der Waals surface area contributed by atoms with Crippen LogP contribution in [0, 0.1) is 5.92 Å². The van der Waals surface area contributed by atoms with Crippen LogP contribution in [0.15, 0.2) is 54.6 Å². The number of hydrogen-bond acceptors (Lipinski definition) is 3. The van der Waals surface area contributed by atoms with Crippen molar-refractivity contribution in [1.82, 2.24) is 5.32 Å². The second-order valence-electron chi connectivity index (χ2n) is 6.47. The lowest BCUT2D eigenvalue weighted by atomic mass is 9.96. The zero-order chi connectivity index (χ0) is 18.8. The molecular formula is C21H29N2O3+. The van der Waals surface area contributed by atoms with E-state index in [1.165, 1.54) is 5.56 Å². The van der Waals surface area contributed by atoms with Crippen LogP contribution >= 0.6 is 0 Å². The molecule has 3 N–H and O–H groups in total. The Balaban J connectivity index is 1.73. The Morgan fingerprint density at radius 1 is 1.04 bits per heavy atom. The summed E-state index contributed by atoms with van der Waals surface area (Å²) in [6.45, 7) is 5.60. The molecule has 2 aromatic carbocycles. The van der Waals surface area contributed by atoms with Crippen molar-refractivity contribution >= 4 is 5.91 Å². The van der Waals surface area contributed by atoms with Gasteiger partial charge in [-0.1, -0.05) is 56.3 Å². The minimum atomic E-state index is 0.00945. The van der Waals surface area contributed by atoms with Crippen molar-refractivity contribution in [3.05, 3.63) is 60.2 Å². The third-order valence-corrected chi connectivity index (χ3v) is 4.21. The highest BCUT2D eigenvalue weighted by Gasteiger charge is 2.19. The van der Waals surface area contributed by atoms with Gasteiger partial charge in [0.05, 0.1) is 13.7 Å². The third-order valence-electron chi connectivity index (χ3n) is 4.21. The minimum Gasteiger partial charge on any atom is -0.493 e. The number of quaternary nitrogens is 1. The Morgan fingerprint density at radius 3 is 2.35 bits per heavy atom. The van der Waals surface area contributed by atoms with E-state index >= 15 is 0 Å². The average Bonchev–Trinajstić information content (AvgIpc) is 2.66. The molecule has 0 aliphatic heterocycles. The van der Waals surface area contributed by atoms with Gasteiger partial charge in [-0.2, -0.15) is 0 Å². The van der Waals surface area contributed by atoms with Gasteiger partial charge in [0.2, 0.25) is 0 Å². The van der Waals surface area contributed by atoms with Gasteiger partial charge in [-0.15, -0.1) is 0 Å². The summed E-state index contributed by atoms with van der Waals surface area (Å²) in [5.41, 5.74) is 1.25. The van der Waals surface area contributed by atoms with E-state index in [0.717, 1.165) is 0 Å². The second-order valence-corrected chi connectivity index (χ2v) is 6.47. The molecule has 5 nitrogen and oxygen atoms in total. The lowest BCUT2D eigenvalue weighted by molar-refractivity contribution is -0.692. The molecule has 1 amide bonds. The third kappa shape index (κ3) is 6.08. The van der Waals surface area contributed by atoms with Crippen molar-refractivity contribution in [3.8, 4) is 11.5 Å². The van der Waals surface area contributed by atoms with Crippen molar-refractivity contribution < 1.29 is 19.6 Å². The number of carbonyl (C=O) groups excluding carboxylic acids is 1. The Hall–Kier alpha value is -2.53. The van der Waals surface area contributed by atoms with E-state index in [4.69, 9.17) is 9.47 Å². The maximum Gasteiger partial charge on any atom is 0.275 e. The number of methoxy groups -OCH3 is 1. The molecule has 0 aliphatic carbocycles. The van der Waals surface area contributed by atoms with Crippen LogP contribution < -0.4 is 20.1 Å². The molecule has 0 unspecified atom stereocenters. The molecule has 26 heavy (non-hydrogen) atoms. The van der Waals surface area contributed by atoms with Gasteiger partial charge in [-0.05, 0) is 12.1 Å². The van der Waals surface area contributed by atoms with Crippen LogP contribution in [0.4, 0.5) is 0 Å². The minimum absolute atomic E-state index is 0.00945. The van der Waals surface area contributed by atoms with Gasteiger partial charge in [-0.3, -0.25) is 4.79 Å². The molecule has 0 fully saturated rings. The van der Waals surface area contributed by atoms with Crippen LogP contribution in [0.25, 0.3) is 0 Å². The Morgan fingerprint density at radius 2 is 1.69 bits per heavy atom. The highest BCUT2D eigenvalue weighted by Crippen LogP contribution is 2.25. The second kappa shape index (κ2) is 10.5. The molecule has 5 heteroatoms. The first-order valence-electron chi connectivity index (χ1n) is 9.02. The van der Waals surface area contributed by atoms with Crippen LogP contribution in [-0.2, 0) is 4.79 Å². The number of ether oxygens (including phenoxy) is 2. The van der Waals surface area contributed by atoms with E-state index in [-0.39, 0.29) is 11.9 Å². The molecule has 0 radical (unpaired) electrons. The van der Waals surface area contributed by atoms with E-state index < -0.39 is 0 Å². The summed E-state index contributed by atoms with van der Waals surface area (Å²) in [4.78, 5) is 12.1. The Labute approximate surface area is 155 Å². The molecule has 0 aliphatic rings. The fraction of sp³-hybridized carbons (Fsp3) is 0.381. The first-order valence-corrected chi connectivity index (χ1v) is 9.02. The van der Waals surface area contributed by atoms with Gasteiger partial charge in [0.15, 0.2) is 18.0 Å². The smallest absolute Gasteiger partial charge is 0.275 e. The summed E-state index contributed by atoms with van der Waals surface area (Å²) in [6.07, 6.45) is 0. The first-order chi connectivity index (χ1) is 12.6.